The van der Waals surface area contributed by atoms with Gasteiger partial charge in [0, 0.05) is 12.8 Å². The Kier molecular flexibility index (Phi) is 8.83. The highest BCUT2D eigenvalue weighted by molar-refractivity contribution is 7.89. The van der Waals surface area contributed by atoms with Crippen LogP contribution in [-0.2, 0) is 14.8 Å². The van der Waals surface area contributed by atoms with Crippen molar-refractivity contribution in [3.63, 3.8) is 0 Å². The Hall–Kier alpha value is -0.970. The van der Waals surface area contributed by atoms with Gasteiger partial charge in [0.15, 0.2) is 0 Å². The topological polar surface area (TPSA) is 71.0 Å². The molecule has 0 rings (SSSR count). The summed E-state index contributed by atoms with van der Waals surface area (Å²) in [5.41, 5.74) is 0. The molecule has 6 nitrogen and oxygen atoms in total. The Morgan fingerprint density at radius 3 is 2.45 bits per heavy atom. The van der Waals surface area contributed by atoms with E-state index in [1.165, 1.54) is 18.2 Å². The van der Waals surface area contributed by atoms with Gasteiger partial charge in [-0.15, -0.1) is 0 Å². The van der Waals surface area contributed by atoms with E-state index < -0.39 is 34.5 Å². The van der Waals surface area contributed by atoms with Crippen LogP contribution >= 0.6 is 0 Å². The number of halogens is 3. The van der Waals surface area contributed by atoms with Crippen molar-refractivity contribution in [1.29, 1.82) is 0 Å². The molecule has 0 aliphatic carbocycles. The predicted molar refractivity (Wildman–Crippen MR) is 78.9 cm³/mol. The van der Waals surface area contributed by atoms with Crippen LogP contribution in [0.5, 0.6) is 0 Å². The van der Waals surface area contributed by atoms with Crippen LogP contribution in [0.25, 0.3) is 0 Å². The summed E-state index contributed by atoms with van der Waals surface area (Å²) < 4.78 is 67.6. The average Bonchev–Trinajstić information content (AvgIpc) is 2.35. The Morgan fingerprint density at radius 2 is 2.00 bits per heavy atom. The van der Waals surface area contributed by atoms with Crippen molar-refractivity contribution >= 4 is 16.2 Å². The van der Waals surface area contributed by atoms with Gasteiger partial charge in [-0.2, -0.15) is 13.2 Å². The maximum atomic E-state index is 12.4. The highest BCUT2D eigenvalue weighted by Crippen LogP contribution is 2.20. The molecule has 22 heavy (non-hydrogen) atoms. The van der Waals surface area contributed by atoms with Gasteiger partial charge < -0.3 is 4.74 Å². The number of ether oxygens (including phenoxy) is 1. The number of sulfonamides is 1. The molecule has 0 fully saturated rings. The monoisotopic (exact) mass is 345 g/mol. The number of aliphatic imine (C=N–C) groups is 1. The quantitative estimate of drug-likeness (QED) is 0.510. The third-order valence-electron chi connectivity index (χ3n) is 2.41. The second-order valence-corrected chi connectivity index (χ2v) is 6.21. The van der Waals surface area contributed by atoms with Crippen molar-refractivity contribution < 1.29 is 26.3 Å². The smallest absolute Gasteiger partial charge is 0.344 e. The third kappa shape index (κ3) is 8.47. The fraction of sp³-hybridized carbons (Fsp3) is 0.750. The van der Waals surface area contributed by atoms with E-state index in [4.69, 9.17) is 4.74 Å². The summed E-state index contributed by atoms with van der Waals surface area (Å²) in [6.45, 7) is 4.49. The lowest BCUT2D eigenvalue weighted by molar-refractivity contribution is -0.147. The van der Waals surface area contributed by atoms with Gasteiger partial charge in [-0.1, -0.05) is 6.08 Å². The molecule has 1 N–H and O–H groups in total. The van der Waals surface area contributed by atoms with E-state index in [0.717, 1.165) is 6.92 Å². The minimum Gasteiger partial charge on any atom is -0.344 e. The van der Waals surface area contributed by atoms with Crippen molar-refractivity contribution in [3.05, 3.63) is 12.2 Å². The fourth-order valence-electron chi connectivity index (χ4n) is 1.35. The van der Waals surface area contributed by atoms with Crippen molar-refractivity contribution in [2.45, 2.75) is 39.3 Å². The number of nitrogens with one attached hydrogen (secondary N) is 1. The minimum atomic E-state index is -4.64. The molecule has 2 atom stereocenters. The Balaban J connectivity index is 4.86. The minimum absolute atomic E-state index is 0.272. The van der Waals surface area contributed by atoms with Gasteiger partial charge >= 0.3 is 6.18 Å². The Morgan fingerprint density at radius 1 is 1.41 bits per heavy atom. The maximum absolute atomic E-state index is 12.4. The van der Waals surface area contributed by atoms with Crippen molar-refractivity contribution in [3.8, 4) is 0 Å². The van der Waals surface area contributed by atoms with Crippen LogP contribution < -0.4 is 4.72 Å². The summed E-state index contributed by atoms with van der Waals surface area (Å²) in [7, 11) is -2.78. The summed E-state index contributed by atoms with van der Waals surface area (Å²) in [5, 5.41) is 0. The molecule has 0 aromatic carbocycles. The van der Waals surface area contributed by atoms with Crippen LogP contribution in [0, 0.1) is 0 Å². The molecule has 130 valence electrons. The number of alkyl halides is 3. The predicted octanol–water partition coefficient (Wildman–Crippen LogP) is 1.71. The zero-order valence-corrected chi connectivity index (χ0v) is 13.8. The first-order chi connectivity index (χ1) is 10.0. The third-order valence-corrected chi connectivity index (χ3v) is 3.87. The lowest BCUT2D eigenvalue weighted by Crippen LogP contribution is -2.47. The van der Waals surface area contributed by atoms with Gasteiger partial charge in [0.05, 0.1) is 0 Å². The number of rotatable bonds is 9. The van der Waals surface area contributed by atoms with Crippen molar-refractivity contribution in [2.24, 2.45) is 4.99 Å². The number of hydrogen-bond acceptors (Lipinski definition) is 5. The average molecular weight is 345 g/mol. The van der Waals surface area contributed by atoms with Crippen molar-refractivity contribution in [1.82, 2.24) is 9.62 Å². The number of hydrogen-bond donors (Lipinski definition) is 1. The molecule has 0 saturated heterocycles. The molecular weight excluding hydrogens is 323 g/mol. The van der Waals surface area contributed by atoms with E-state index in [-0.39, 0.29) is 6.61 Å². The van der Waals surface area contributed by atoms with Gasteiger partial charge in [-0.3, -0.25) is 0 Å². The maximum Gasteiger partial charge on any atom is 0.404 e. The molecule has 0 amide bonds. The zero-order chi connectivity index (χ0) is 17.4. The summed E-state index contributed by atoms with van der Waals surface area (Å²) in [6.07, 6.45) is -0.780. The zero-order valence-electron chi connectivity index (χ0n) is 13.0. The Labute approximate surface area is 129 Å². The summed E-state index contributed by atoms with van der Waals surface area (Å²) in [6, 6.07) is -2.16. The molecule has 0 radical (unpaired) electrons. The molecule has 0 bridgehead atoms. The molecule has 0 saturated carbocycles. The van der Waals surface area contributed by atoms with E-state index in [2.05, 4.69) is 4.99 Å². The molecule has 10 heteroatoms. The standard InChI is InChI=1S/C12H22F3N3O3S/c1-5-7-8-16-11(21-6-2)18(4)9-22(19,20)17-10(3)12(13,14)15/h5,7-8,10-11,17H,6,9H2,1-4H3/b7-5-,16-8?. The van der Waals surface area contributed by atoms with Crippen LogP contribution in [0.2, 0.25) is 0 Å². The normalized spacial score (nSPS) is 16.7. The van der Waals surface area contributed by atoms with Gasteiger partial charge in [0.1, 0.15) is 11.9 Å². The van der Waals surface area contributed by atoms with Crippen LogP contribution in [0.15, 0.2) is 17.1 Å². The summed E-state index contributed by atoms with van der Waals surface area (Å²) >= 11 is 0. The van der Waals surface area contributed by atoms with Gasteiger partial charge in [0.25, 0.3) is 0 Å². The lowest BCUT2D eigenvalue weighted by Gasteiger charge is -2.25. The second kappa shape index (κ2) is 9.23. The molecule has 0 aliphatic heterocycles. The van der Waals surface area contributed by atoms with Gasteiger partial charge in [0.2, 0.25) is 16.4 Å². The molecule has 0 heterocycles. The van der Waals surface area contributed by atoms with Crippen LogP contribution in [0.3, 0.4) is 0 Å². The lowest BCUT2D eigenvalue weighted by atomic mass is 10.4. The highest BCUT2D eigenvalue weighted by Gasteiger charge is 2.38. The van der Waals surface area contributed by atoms with Crippen molar-refractivity contribution in [2.75, 3.05) is 19.5 Å². The van der Waals surface area contributed by atoms with Gasteiger partial charge in [-0.05, 0) is 33.9 Å². The van der Waals surface area contributed by atoms with E-state index in [9.17, 15) is 21.6 Å². The number of allylic oxidation sites excluding steroid dienone is 2. The van der Waals surface area contributed by atoms with Crippen LogP contribution in [0.4, 0.5) is 13.2 Å². The summed E-state index contributed by atoms with van der Waals surface area (Å²) in [4.78, 5) is 5.18. The molecule has 0 aliphatic rings. The molecule has 0 spiro atoms. The molecule has 0 aromatic rings. The second-order valence-electron chi connectivity index (χ2n) is 4.49. The molecule has 2 unspecified atom stereocenters. The first kappa shape index (κ1) is 21.0. The SMILES string of the molecule is C/C=C\C=NC(OCC)N(C)CS(=O)(=O)NC(C)C(F)(F)F. The van der Waals surface area contributed by atoms with E-state index in [0.29, 0.717) is 0 Å². The molecular formula is C12H22F3N3O3S. The van der Waals surface area contributed by atoms with E-state index >= 15 is 0 Å². The van der Waals surface area contributed by atoms with Crippen LogP contribution in [0.1, 0.15) is 20.8 Å². The largest absolute Gasteiger partial charge is 0.404 e. The van der Waals surface area contributed by atoms with Gasteiger partial charge in [-0.25, -0.2) is 23.0 Å². The molecule has 0 aromatic heterocycles. The summed E-state index contributed by atoms with van der Waals surface area (Å²) in [5.74, 6) is -0.675. The van der Waals surface area contributed by atoms with Crippen LogP contribution in [-0.4, -0.2) is 57.6 Å². The highest BCUT2D eigenvalue weighted by atomic mass is 32.2. The first-order valence-electron chi connectivity index (χ1n) is 6.56. The fourth-order valence-corrected chi connectivity index (χ4v) is 2.76. The first-order valence-corrected chi connectivity index (χ1v) is 8.21. The van der Waals surface area contributed by atoms with E-state index in [1.54, 1.807) is 30.7 Å². The number of nitrogens with zero attached hydrogens (tertiary/aromatic N) is 2. The van der Waals surface area contributed by atoms with E-state index in [1.807, 2.05) is 0 Å². The Bertz CT molecular complexity index is 478.